The molecular weight excluding hydrogens is 244 g/mol. The van der Waals surface area contributed by atoms with Crippen LogP contribution in [0.3, 0.4) is 0 Å². The summed E-state index contributed by atoms with van der Waals surface area (Å²) in [5.74, 6) is 0. The van der Waals surface area contributed by atoms with Crippen LogP contribution in [0.15, 0.2) is 42.6 Å². The van der Waals surface area contributed by atoms with Crippen LogP contribution in [0.2, 0.25) is 0 Å². The third-order valence-electron chi connectivity index (χ3n) is 4.19. The summed E-state index contributed by atoms with van der Waals surface area (Å²) in [6.45, 7) is 4.40. The van der Waals surface area contributed by atoms with Gasteiger partial charge in [-0.1, -0.05) is 30.3 Å². The van der Waals surface area contributed by atoms with Gasteiger partial charge in [-0.15, -0.1) is 0 Å². The lowest BCUT2D eigenvalue weighted by atomic mass is 10.1. The quantitative estimate of drug-likeness (QED) is 0.920. The first-order chi connectivity index (χ1) is 9.72. The van der Waals surface area contributed by atoms with Crippen LogP contribution in [0.1, 0.15) is 29.3 Å². The third-order valence-corrected chi connectivity index (χ3v) is 4.19. The molecule has 0 saturated heterocycles. The fourth-order valence-electron chi connectivity index (χ4n) is 3.16. The predicted octanol–water partition coefficient (Wildman–Crippen LogP) is 3.08. The number of hydrogen-bond donors (Lipinski definition) is 1. The highest BCUT2D eigenvalue weighted by atomic mass is 14.9. The minimum atomic E-state index is 0.461. The van der Waals surface area contributed by atoms with Crippen LogP contribution in [-0.2, 0) is 19.3 Å². The average Bonchev–Trinajstić information content (AvgIpc) is 2.83. The summed E-state index contributed by atoms with van der Waals surface area (Å²) >= 11 is 0. The van der Waals surface area contributed by atoms with Crippen LogP contribution < -0.4 is 5.32 Å². The fourth-order valence-corrected chi connectivity index (χ4v) is 3.16. The standard InChI is InChI=1S/C18H22N2/c1-13-6-5-9-19-18(13)10-14(2)20-17-11-15-7-3-4-8-16(15)12-17/h3-9,14,17,20H,10-12H2,1-2H3/t14-/m1/s1. The summed E-state index contributed by atoms with van der Waals surface area (Å²) in [4.78, 5) is 4.49. The van der Waals surface area contributed by atoms with E-state index in [4.69, 9.17) is 0 Å². The van der Waals surface area contributed by atoms with Crippen LogP contribution in [0.4, 0.5) is 0 Å². The molecule has 3 rings (SSSR count). The molecular formula is C18H22N2. The van der Waals surface area contributed by atoms with Gasteiger partial charge >= 0.3 is 0 Å². The second-order valence-electron chi connectivity index (χ2n) is 5.91. The topological polar surface area (TPSA) is 24.9 Å². The van der Waals surface area contributed by atoms with Gasteiger partial charge in [-0.25, -0.2) is 0 Å². The van der Waals surface area contributed by atoms with Crippen molar-refractivity contribution in [2.45, 2.75) is 45.2 Å². The zero-order valence-electron chi connectivity index (χ0n) is 12.3. The molecule has 104 valence electrons. The van der Waals surface area contributed by atoms with Gasteiger partial charge < -0.3 is 5.32 Å². The first-order valence-corrected chi connectivity index (χ1v) is 7.45. The Bertz CT molecular complexity index is 566. The molecule has 0 spiro atoms. The zero-order chi connectivity index (χ0) is 13.9. The molecule has 1 aromatic carbocycles. The molecule has 0 aliphatic heterocycles. The normalized spacial score (nSPS) is 16.1. The van der Waals surface area contributed by atoms with E-state index in [0.717, 1.165) is 19.3 Å². The molecule has 0 unspecified atom stereocenters. The molecule has 1 N–H and O–H groups in total. The highest BCUT2D eigenvalue weighted by Gasteiger charge is 2.22. The van der Waals surface area contributed by atoms with Crippen molar-refractivity contribution in [2.75, 3.05) is 0 Å². The van der Waals surface area contributed by atoms with Crippen molar-refractivity contribution in [1.29, 1.82) is 0 Å². The van der Waals surface area contributed by atoms with E-state index in [2.05, 4.69) is 54.5 Å². The Hall–Kier alpha value is -1.67. The Labute approximate surface area is 121 Å². The van der Waals surface area contributed by atoms with E-state index >= 15 is 0 Å². The van der Waals surface area contributed by atoms with Crippen molar-refractivity contribution in [2.24, 2.45) is 0 Å². The maximum absolute atomic E-state index is 4.49. The number of benzene rings is 1. The monoisotopic (exact) mass is 266 g/mol. The lowest BCUT2D eigenvalue weighted by molar-refractivity contribution is 0.450. The molecule has 1 aliphatic carbocycles. The number of aromatic nitrogens is 1. The maximum Gasteiger partial charge on any atom is 0.0448 e. The van der Waals surface area contributed by atoms with Gasteiger partial charge in [-0.05, 0) is 49.4 Å². The molecule has 0 bridgehead atoms. The van der Waals surface area contributed by atoms with Gasteiger partial charge in [-0.3, -0.25) is 4.98 Å². The average molecular weight is 266 g/mol. The highest BCUT2D eigenvalue weighted by molar-refractivity contribution is 5.33. The number of aryl methyl sites for hydroxylation is 1. The van der Waals surface area contributed by atoms with Crippen LogP contribution in [0, 0.1) is 6.92 Å². The smallest absolute Gasteiger partial charge is 0.0448 e. The van der Waals surface area contributed by atoms with Crippen LogP contribution in [0.25, 0.3) is 0 Å². The van der Waals surface area contributed by atoms with E-state index in [1.165, 1.54) is 22.4 Å². The molecule has 20 heavy (non-hydrogen) atoms. The number of pyridine rings is 1. The van der Waals surface area contributed by atoms with E-state index in [0.29, 0.717) is 12.1 Å². The van der Waals surface area contributed by atoms with Crippen molar-refractivity contribution >= 4 is 0 Å². The lowest BCUT2D eigenvalue weighted by Gasteiger charge is -2.19. The molecule has 1 atom stereocenters. The van der Waals surface area contributed by atoms with Crippen LogP contribution in [0.5, 0.6) is 0 Å². The first kappa shape index (κ1) is 13.3. The van der Waals surface area contributed by atoms with Crippen molar-refractivity contribution in [3.8, 4) is 0 Å². The van der Waals surface area contributed by atoms with Crippen molar-refractivity contribution < 1.29 is 0 Å². The summed E-state index contributed by atoms with van der Waals surface area (Å²) < 4.78 is 0. The molecule has 2 heteroatoms. The van der Waals surface area contributed by atoms with Crippen molar-refractivity contribution in [1.82, 2.24) is 10.3 Å². The van der Waals surface area contributed by atoms with Gasteiger partial charge in [0.15, 0.2) is 0 Å². The van der Waals surface area contributed by atoms with Gasteiger partial charge in [0, 0.05) is 30.4 Å². The third kappa shape index (κ3) is 2.91. The molecule has 1 aliphatic rings. The minimum Gasteiger partial charge on any atom is -0.310 e. The minimum absolute atomic E-state index is 0.461. The fraction of sp³-hybridized carbons (Fsp3) is 0.389. The largest absolute Gasteiger partial charge is 0.310 e. The van der Waals surface area contributed by atoms with Gasteiger partial charge in [0.05, 0.1) is 0 Å². The summed E-state index contributed by atoms with van der Waals surface area (Å²) in [5, 5.41) is 3.76. The summed E-state index contributed by atoms with van der Waals surface area (Å²) in [7, 11) is 0. The number of rotatable bonds is 4. The number of fused-ring (bicyclic) bond motifs is 1. The van der Waals surface area contributed by atoms with E-state index < -0.39 is 0 Å². The Kier molecular flexibility index (Phi) is 3.83. The second kappa shape index (κ2) is 5.76. The Balaban J connectivity index is 1.59. The molecule has 0 fully saturated rings. The zero-order valence-corrected chi connectivity index (χ0v) is 12.3. The SMILES string of the molecule is Cc1cccnc1C[C@@H](C)NC1Cc2ccccc2C1. The summed E-state index contributed by atoms with van der Waals surface area (Å²) in [5.41, 5.74) is 5.51. The lowest BCUT2D eigenvalue weighted by Crippen LogP contribution is -2.38. The molecule has 2 nitrogen and oxygen atoms in total. The predicted molar refractivity (Wildman–Crippen MR) is 82.9 cm³/mol. The summed E-state index contributed by atoms with van der Waals surface area (Å²) in [6.07, 6.45) is 5.20. The highest BCUT2D eigenvalue weighted by Crippen LogP contribution is 2.22. The van der Waals surface area contributed by atoms with Gasteiger partial charge in [0.1, 0.15) is 0 Å². The molecule has 1 aromatic heterocycles. The van der Waals surface area contributed by atoms with Crippen LogP contribution >= 0.6 is 0 Å². The van der Waals surface area contributed by atoms with E-state index in [1.54, 1.807) is 0 Å². The van der Waals surface area contributed by atoms with Crippen LogP contribution in [-0.4, -0.2) is 17.1 Å². The van der Waals surface area contributed by atoms with Crippen molar-refractivity contribution in [3.05, 3.63) is 65.0 Å². The van der Waals surface area contributed by atoms with Crippen molar-refractivity contribution in [3.63, 3.8) is 0 Å². The van der Waals surface area contributed by atoms with E-state index in [1.807, 2.05) is 12.3 Å². The van der Waals surface area contributed by atoms with Gasteiger partial charge in [-0.2, -0.15) is 0 Å². The second-order valence-corrected chi connectivity index (χ2v) is 5.91. The van der Waals surface area contributed by atoms with Gasteiger partial charge in [0.2, 0.25) is 0 Å². The number of hydrogen-bond acceptors (Lipinski definition) is 2. The Morgan fingerprint density at radius 3 is 2.50 bits per heavy atom. The van der Waals surface area contributed by atoms with Gasteiger partial charge in [0.25, 0.3) is 0 Å². The molecule has 2 aromatic rings. The Morgan fingerprint density at radius 2 is 1.85 bits per heavy atom. The van der Waals surface area contributed by atoms with E-state index in [9.17, 15) is 0 Å². The number of nitrogens with zero attached hydrogens (tertiary/aromatic N) is 1. The molecule has 0 radical (unpaired) electrons. The maximum atomic E-state index is 4.49. The number of nitrogens with one attached hydrogen (secondary N) is 1. The summed E-state index contributed by atoms with van der Waals surface area (Å²) in [6, 6.07) is 14.0. The molecule has 0 amide bonds. The first-order valence-electron chi connectivity index (χ1n) is 7.45. The molecule has 0 saturated carbocycles. The molecule has 1 heterocycles. The Morgan fingerprint density at radius 1 is 1.15 bits per heavy atom. The van der Waals surface area contributed by atoms with E-state index in [-0.39, 0.29) is 0 Å².